The average Bonchev–Trinajstić information content (AvgIpc) is 3.33. The third kappa shape index (κ3) is 7.37. The third-order valence-corrected chi connectivity index (χ3v) is 7.64. The highest BCUT2D eigenvalue weighted by molar-refractivity contribution is 7.99. The summed E-state index contributed by atoms with van der Waals surface area (Å²) in [5, 5.41) is 24.8. The van der Waals surface area contributed by atoms with E-state index in [4.69, 9.17) is 14.5 Å². The van der Waals surface area contributed by atoms with Gasteiger partial charge in [0.05, 0.1) is 36.3 Å². The molecule has 11 heteroatoms. The Morgan fingerprint density at radius 2 is 1.86 bits per heavy atom. The van der Waals surface area contributed by atoms with Crippen LogP contribution < -0.4 is 4.74 Å². The number of hydrogen-bond acceptors (Lipinski definition) is 9. The van der Waals surface area contributed by atoms with Crippen molar-refractivity contribution in [3.05, 3.63) is 41.1 Å². The van der Waals surface area contributed by atoms with Crippen LogP contribution in [0, 0.1) is 5.82 Å². The van der Waals surface area contributed by atoms with E-state index in [-0.39, 0.29) is 24.2 Å². The molecule has 2 aromatic rings. The summed E-state index contributed by atoms with van der Waals surface area (Å²) in [6.07, 6.45) is 4.62. The molecule has 1 aliphatic carbocycles. The van der Waals surface area contributed by atoms with Crippen LogP contribution in [0.5, 0.6) is 5.88 Å². The second-order valence-electron chi connectivity index (χ2n) is 9.19. The largest absolute Gasteiger partial charge is 0.474 e. The molecule has 2 aliphatic rings. The predicted octanol–water partition coefficient (Wildman–Crippen LogP) is 4.04. The van der Waals surface area contributed by atoms with Gasteiger partial charge in [0.1, 0.15) is 11.9 Å². The zero-order valence-corrected chi connectivity index (χ0v) is 22.3. The maximum absolute atomic E-state index is 14.0. The molecule has 0 spiro atoms. The highest BCUT2D eigenvalue weighted by Crippen LogP contribution is 2.30. The fourth-order valence-corrected chi connectivity index (χ4v) is 5.61. The Morgan fingerprint density at radius 3 is 2.51 bits per heavy atom. The van der Waals surface area contributed by atoms with E-state index >= 15 is 0 Å². The van der Waals surface area contributed by atoms with E-state index in [9.17, 15) is 14.6 Å². The summed E-state index contributed by atoms with van der Waals surface area (Å²) in [7, 11) is 1.61. The van der Waals surface area contributed by atoms with Crippen molar-refractivity contribution < 1.29 is 24.1 Å². The van der Waals surface area contributed by atoms with Gasteiger partial charge in [0.15, 0.2) is 12.5 Å². The van der Waals surface area contributed by atoms with E-state index in [2.05, 4.69) is 15.1 Å². The van der Waals surface area contributed by atoms with Crippen molar-refractivity contribution in [2.45, 2.75) is 77.0 Å². The van der Waals surface area contributed by atoms with E-state index in [1.54, 1.807) is 11.8 Å². The molecule has 2 fully saturated rings. The summed E-state index contributed by atoms with van der Waals surface area (Å²) in [6, 6.07) is 3.23. The lowest BCUT2D eigenvalue weighted by Crippen LogP contribution is -2.23. The minimum Gasteiger partial charge on any atom is -0.474 e. The van der Waals surface area contributed by atoms with E-state index in [0.717, 1.165) is 59.8 Å². The zero-order chi connectivity index (χ0) is 26.2. The Bertz CT molecular complexity index is 1090. The molecule has 0 radical (unpaired) electrons. The quantitative estimate of drug-likeness (QED) is 0.474. The molecule has 0 amide bonds. The molecule has 4 rings (SSSR count). The second-order valence-corrected chi connectivity index (χ2v) is 10.4. The number of aliphatic hydroxyl groups excluding tert-OH is 2. The van der Waals surface area contributed by atoms with Gasteiger partial charge in [-0.1, -0.05) is 6.92 Å². The molecule has 1 aliphatic heterocycles. The Hall–Kier alpha value is -2.34. The number of aliphatic hydroxyl groups is 2. The first-order chi connectivity index (χ1) is 18.0. The van der Waals surface area contributed by atoms with Crippen LogP contribution in [0.4, 0.5) is 4.39 Å². The minimum absolute atomic E-state index is 0.0136. The first-order valence-electron chi connectivity index (χ1n) is 12.9. The molecule has 2 aromatic heterocycles. The van der Waals surface area contributed by atoms with Crippen molar-refractivity contribution in [2.24, 2.45) is 9.98 Å². The molecule has 1 saturated heterocycles. The molecule has 2 unspecified atom stereocenters. The number of nitrogens with zero attached hydrogens (tertiary/aromatic N) is 5. The summed E-state index contributed by atoms with van der Waals surface area (Å²) in [5.41, 5.74) is 3.85. The van der Waals surface area contributed by atoms with Crippen molar-refractivity contribution in [1.29, 1.82) is 0 Å². The number of hydrogen-bond donors (Lipinski definition) is 2. The van der Waals surface area contributed by atoms with Crippen molar-refractivity contribution in [3.8, 4) is 5.88 Å². The van der Waals surface area contributed by atoms with Crippen LogP contribution >= 0.6 is 11.8 Å². The van der Waals surface area contributed by atoms with Gasteiger partial charge in [-0.15, -0.1) is 0 Å². The number of halogens is 1. The highest BCUT2D eigenvalue weighted by Gasteiger charge is 2.23. The van der Waals surface area contributed by atoms with Crippen LogP contribution in [0.25, 0.3) is 0 Å². The van der Waals surface area contributed by atoms with E-state index in [0.29, 0.717) is 32.2 Å². The fourth-order valence-electron chi connectivity index (χ4n) is 4.54. The number of pyridine rings is 1. The number of aromatic nitrogens is 3. The first kappa shape index (κ1) is 27.7. The Balaban J connectivity index is 1.43. The van der Waals surface area contributed by atoms with Gasteiger partial charge in [0.25, 0.3) is 0 Å². The van der Waals surface area contributed by atoms with Gasteiger partial charge in [0, 0.05) is 18.5 Å². The number of methoxy groups -OCH3 is 1. The lowest BCUT2D eigenvalue weighted by molar-refractivity contribution is 0.101. The molecule has 37 heavy (non-hydrogen) atoms. The van der Waals surface area contributed by atoms with Gasteiger partial charge < -0.3 is 19.7 Å². The van der Waals surface area contributed by atoms with E-state index in [1.165, 1.54) is 6.07 Å². The molecule has 0 bridgehead atoms. The van der Waals surface area contributed by atoms with Gasteiger partial charge in [-0.2, -0.15) is 16.9 Å². The normalized spacial score (nSPS) is 18.5. The molecule has 2 atom stereocenters. The van der Waals surface area contributed by atoms with Crippen LogP contribution in [0.2, 0.25) is 0 Å². The molecule has 0 aromatic carbocycles. The SMILES string of the molecule is CCc1cc(C(N=C2CCC(=NC(O)c3cc(F)cnc3OC3CCSCC3)CC2)OC)n(CCO)n1. The number of ether oxygens (including phenoxy) is 2. The van der Waals surface area contributed by atoms with Gasteiger partial charge in [-0.05, 0) is 68.6 Å². The first-order valence-corrected chi connectivity index (χ1v) is 14.1. The average molecular weight is 534 g/mol. The molecular weight excluding hydrogens is 497 g/mol. The van der Waals surface area contributed by atoms with Crippen LogP contribution in [0.1, 0.15) is 74.9 Å². The molecular formula is C26H36FN5O4S. The van der Waals surface area contributed by atoms with Gasteiger partial charge in [0.2, 0.25) is 5.88 Å². The van der Waals surface area contributed by atoms with Gasteiger partial charge in [-0.3, -0.25) is 14.7 Å². The van der Waals surface area contributed by atoms with Gasteiger partial charge >= 0.3 is 0 Å². The van der Waals surface area contributed by atoms with E-state index < -0.39 is 18.3 Å². The topological polar surface area (TPSA) is 114 Å². The third-order valence-electron chi connectivity index (χ3n) is 6.59. The summed E-state index contributed by atoms with van der Waals surface area (Å²) in [4.78, 5) is 13.4. The number of aliphatic imine (C=N–C) groups is 2. The molecule has 1 saturated carbocycles. The lowest BCUT2D eigenvalue weighted by Gasteiger charge is -2.24. The standard InChI is InChI=1S/C26H36FN5O4S/c1-3-18-15-23(32(31-18)10-11-33)26(35-2)30-20-6-4-19(5-7-20)29-24(34)22-14-17(27)16-28-25(22)36-21-8-12-37-13-9-21/h14-16,21,24,26,33-34H,3-13H2,1-2H3. The van der Waals surface area contributed by atoms with Crippen LogP contribution in [-0.2, 0) is 17.7 Å². The summed E-state index contributed by atoms with van der Waals surface area (Å²) < 4.78 is 27.4. The van der Waals surface area contributed by atoms with Crippen molar-refractivity contribution in [2.75, 3.05) is 25.2 Å². The Morgan fingerprint density at radius 1 is 1.16 bits per heavy atom. The summed E-state index contributed by atoms with van der Waals surface area (Å²) in [6.45, 7) is 2.40. The number of thioether (sulfide) groups is 1. The monoisotopic (exact) mass is 533 g/mol. The molecule has 3 heterocycles. The summed E-state index contributed by atoms with van der Waals surface area (Å²) >= 11 is 1.89. The van der Waals surface area contributed by atoms with E-state index in [1.807, 2.05) is 24.8 Å². The van der Waals surface area contributed by atoms with Crippen molar-refractivity contribution >= 4 is 23.2 Å². The van der Waals surface area contributed by atoms with Crippen molar-refractivity contribution in [3.63, 3.8) is 0 Å². The molecule has 2 N–H and O–H groups in total. The highest BCUT2D eigenvalue weighted by atomic mass is 32.2. The molecule has 9 nitrogen and oxygen atoms in total. The fraction of sp³-hybridized carbons (Fsp3) is 0.615. The molecule has 202 valence electrons. The number of aryl methyl sites for hydroxylation is 1. The van der Waals surface area contributed by atoms with Gasteiger partial charge in [-0.25, -0.2) is 9.37 Å². The van der Waals surface area contributed by atoms with Crippen LogP contribution in [0.3, 0.4) is 0 Å². The lowest BCUT2D eigenvalue weighted by atomic mass is 9.96. The zero-order valence-electron chi connectivity index (χ0n) is 21.5. The summed E-state index contributed by atoms with van der Waals surface area (Å²) in [5.74, 6) is 1.76. The number of rotatable bonds is 10. The second kappa shape index (κ2) is 13.5. The minimum atomic E-state index is -1.24. The van der Waals surface area contributed by atoms with Crippen molar-refractivity contribution in [1.82, 2.24) is 14.8 Å². The smallest absolute Gasteiger partial charge is 0.221 e. The Labute approximate surface area is 221 Å². The predicted molar refractivity (Wildman–Crippen MR) is 142 cm³/mol. The van der Waals surface area contributed by atoms with Crippen LogP contribution in [-0.4, -0.2) is 67.7 Å². The maximum atomic E-state index is 14.0. The van der Waals surface area contributed by atoms with Crippen LogP contribution in [0.15, 0.2) is 28.3 Å². The Kier molecular flexibility index (Phi) is 10.1. The maximum Gasteiger partial charge on any atom is 0.221 e.